The first-order chi connectivity index (χ1) is 7.77. The van der Waals surface area contributed by atoms with E-state index in [1.807, 2.05) is 0 Å². The summed E-state index contributed by atoms with van der Waals surface area (Å²) in [5, 5.41) is 2.76. The van der Waals surface area contributed by atoms with Gasteiger partial charge in [0, 0.05) is 17.8 Å². The van der Waals surface area contributed by atoms with Gasteiger partial charge in [-0.25, -0.2) is 0 Å². The van der Waals surface area contributed by atoms with Crippen LogP contribution in [0.25, 0.3) is 0 Å². The molecule has 0 bridgehead atoms. The lowest BCUT2D eigenvalue weighted by molar-refractivity contribution is 0.0952. The van der Waals surface area contributed by atoms with Crippen molar-refractivity contribution in [3.63, 3.8) is 0 Å². The maximum Gasteiger partial charge on any atom is 0.253 e. The van der Waals surface area contributed by atoms with Crippen molar-refractivity contribution >= 4 is 11.6 Å². The van der Waals surface area contributed by atoms with Gasteiger partial charge in [0.1, 0.15) is 0 Å². The lowest BCUT2D eigenvalue weighted by atomic mass is 10.1. The van der Waals surface area contributed by atoms with Gasteiger partial charge < -0.3 is 15.5 Å². The average molecular weight is 216 g/mol. The molecule has 1 aromatic heterocycles. The summed E-state index contributed by atoms with van der Waals surface area (Å²) in [6, 6.07) is 8.77. The Morgan fingerprint density at radius 3 is 2.81 bits per heavy atom. The monoisotopic (exact) mass is 216 g/mol. The quantitative estimate of drug-likeness (QED) is 0.768. The molecule has 1 aromatic carbocycles. The normalized spacial score (nSPS) is 10.0. The minimum Gasteiger partial charge on any atom is -0.472 e. The van der Waals surface area contributed by atoms with Gasteiger partial charge in [-0.3, -0.25) is 4.79 Å². The Bertz CT molecular complexity index is 478. The first-order valence-corrected chi connectivity index (χ1v) is 4.91. The van der Waals surface area contributed by atoms with E-state index in [-0.39, 0.29) is 5.91 Å². The van der Waals surface area contributed by atoms with Crippen molar-refractivity contribution in [3.05, 3.63) is 54.0 Å². The van der Waals surface area contributed by atoms with Crippen LogP contribution in [0.15, 0.2) is 47.3 Å². The summed E-state index contributed by atoms with van der Waals surface area (Å²) in [5.74, 6) is -0.181. The van der Waals surface area contributed by atoms with Crippen molar-refractivity contribution in [3.8, 4) is 0 Å². The number of furan rings is 1. The molecule has 0 radical (unpaired) electrons. The van der Waals surface area contributed by atoms with E-state index < -0.39 is 0 Å². The Labute approximate surface area is 93.1 Å². The highest BCUT2D eigenvalue weighted by molar-refractivity contribution is 5.98. The number of anilines is 1. The van der Waals surface area contributed by atoms with Gasteiger partial charge in [-0.05, 0) is 18.2 Å². The molecule has 0 spiro atoms. The number of hydrogen-bond donors (Lipinski definition) is 2. The SMILES string of the molecule is Nc1ccccc1C(=O)NCc1ccoc1. The van der Waals surface area contributed by atoms with Gasteiger partial charge in [0.05, 0.1) is 18.1 Å². The van der Waals surface area contributed by atoms with Crippen molar-refractivity contribution in [1.29, 1.82) is 0 Å². The van der Waals surface area contributed by atoms with Crippen LogP contribution in [0.5, 0.6) is 0 Å². The lowest BCUT2D eigenvalue weighted by Crippen LogP contribution is -2.23. The summed E-state index contributed by atoms with van der Waals surface area (Å²) < 4.78 is 4.90. The minimum atomic E-state index is -0.181. The van der Waals surface area contributed by atoms with Crippen molar-refractivity contribution in [2.45, 2.75) is 6.54 Å². The van der Waals surface area contributed by atoms with Crippen LogP contribution >= 0.6 is 0 Å². The highest BCUT2D eigenvalue weighted by Crippen LogP contribution is 2.10. The predicted molar refractivity (Wildman–Crippen MR) is 60.7 cm³/mol. The lowest BCUT2D eigenvalue weighted by Gasteiger charge is -2.05. The standard InChI is InChI=1S/C12H12N2O2/c13-11-4-2-1-3-10(11)12(15)14-7-9-5-6-16-8-9/h1-6,8H,7,13H2,(H,14,15). The molecule has 82 valence electrons. The third-order valence-electron chi connectivity index (χ3n) is 2.24. The number of carbonyl (C=O) groups is 1. The number of rotatable bonds is 3. The zero-order valence-corrected chi connectivity index (χ0v) is 8.64. The van der Waals surface area contributed by atoms with Crippen LogP contribution in [0, 0.1) is 0 Å². The molecule has 0 fully saturated rings. The van der Waals surface area contributed by atoms with Crippen molar-refractivity contribution in [1.82, 2.24) is 5.32 Å². The molecular formula is C12H12N2O2. The average Bonchev–Trinajstić information content (AvgIpc) is 2.79. The van der Waals surface area contributed by atoms with Gasteiger partial charge >= 0.3 is 0 Å². The number of amides is 1. The maximum atomic E-state index is 11.7. The minimum absolute atomic E-state index is 0.181. The number of nitrogens with one attached hydrogen (secondary N) is 1. The Kier molecular flexibility index (Phi) is 2.91. The van der Waals surface area contributed by atoms with E-state index in [0.717, 1.165) is 5.56 Å². The molecule has 2 rings (SSSR count). The van der Waals surface area contributed by atoms with Crippen molar-refractivity contribution in [2.24, 2.45) is 0 Å². The molecule has 0 aliphatic carbocycles. The molecule has 3 N–H and O–H groups in total. The summed E-state index contributed by atoms with van der Waals surface area (Å²) in [5.41, 5.74) is 7.58. The summed E-state index contributed by atoms with van der Waals surface area (Å²) in [7, 11) is 0. The molecule has 0 atom stereocenters. The number of nitrogens with two attached hydrogens (primary N) is 1. The smallest absolute Gasteiger partial charge is 0.253 e. The van der Waals surface area contributed by atoms with E-state index >= 15 is 0 Å². The Hall–Kier alpha value is -2.23. The highest BCUT2D eigenvalue weighted by Gasteiger charge is 2.08. The number of carbonyl (C=O) groups excluding carboxylic acids is 1. The van der Waals surface area contributed by atoms with Crippen LogP contribution in [-0.2, 0) is 6.54 Å². The largest absolute Gasteiger partial charge is 0.472 e. The third kappa shape index (κ3) is 2.23. The van der Waals surface area contributed by atoms with E-state index in [1.165, 1.54) is 0 Å². The molecule has 4 nitrogen and oxygen atoms in total. The van der Waals surface area contributed by atoms with Gasteiger partial charge in [-0.2, -0.15) is 0 Å². The molecule has 0 aliphatic heterocycles. The van der Waals surface area contributed by atoms with Gasteiger partial charge in [0.25, 0.3) is 5.91 Å². The Morgan fingerprint density at radius 2 is 2.12 bits per heavy atom. The summed E-state index contributed by atoms with van der Waals surface area (Å²) >= 11 is 0. The molecule has 4 heteroatoms. The van der Waals surface area contributed by atoms with E-state index in [0.29, 0.717) is 17.8 Å². The van der Waals surface area contributed by atoms with Gasteiger partial charge in [0.15, 0.2) is 0 Å². The van der Waals surface area contributed by atoms with Crippen LogP contribution in [0.2, 0.25) is 0 Å². The van der Waals surface area contributed by atoms with E-state index in [4.69, 9.17) is 10.2 Å². The number of nitrogen functional groups attached to an aromatic ring is 1. The third-order valence-corrected chi connectivity index (χ3v) is 2.24. The second kappa shape index (κ2) is 4.53. The fraction of sp³-hybridized carbons (Fsp3) is 0.0833. The molecular weight excluding hydrogens is 204 g/mol. The molecule has 0 saturated heterocycles. The summed E-state index contributed by atoms with van der Waals surface area (Å²) in [6.07, 6.45) is 3.16. The Balaban J connectivity index is 2.01. The van der Waals surface area contributed by atoms with Gasteiger partial charge in [-0.1, -0.05) is 12.1 Å². The molecule has 0 unspecified atom stereocenters. The molecule has 16 heavy (non-hydrogen) atoms. The molecule has 1 amide bonds. The topological polar surface area (TPSA) is 68.3 Å². The van der Waals surface area contributed by atoms with Crippen molar-refractivity contribution < 1.29 is 9.21 Å². The zero-order chi connectivity index (χ0) is 11.4. The molecule has 0 aliphatic rings. The number of benzene rings is 1. The van der Waals surface area contributed by atoms with Gasteiger partial charge in [0.2, 0.25) is 0 Å². The fourth-order valence-corrected chi connectivity index (χ4v) is 1.37. The van der Waals surface area contributed by atoms with E-state index in [9.17, 15) is 4.79 Å². The molecule has 2 aromatic rings. The number of hydrogen-bond acceptors (Lipinski definition) is 3. The van der Waals surface area contributed by atoms with E-state index in [2.05, 4.69) is 5.32 Å². The number of para-hydroxylation sites is 1. The predicted octanol–water partition coefficient (Wildman–Crippen LogP) is 1.79. The van der Waals surface area contributed by atoms with Crippen molar-refractivity contribution in [2.75, 3.05) is 5.73 Å². The van der Waals surface area contributed by atoms with Crippen LogP contribution in [0.3, 0.4) is 0 Å². The maximum absolute atomic E-state index is 11.7. The highest BCUT2D eigenvalue weighted by atomic mass is 16.3. The molecule has 1 heterocycles. The molecule has 0 saturated carbocycles. The van der Waals surface area contributed by atoms with Gasteiger partial charge in [-0.15, -0.1) is 0 Å². The second-order valence-electron chi connectivity index (χ2n) is 3.40. The first kappa shape index (κ1) is 10.3. The summed E-state index contributed by atoms with van der Waals surface area (Å²) in [6.45, 7) is 0.434. The second-order valence-corrected chi connectivity index (χ2v) is 3.40. The van der Waals surface area contributed by atoms with Crippen LogP contribution in [0.1, 0.15) is 15.9 Å². The first-order valence-electron chi connectivity index (χ1n) is 4.91. The summed E-state index contributed by atoms with van der Waals surface area (Å²) in [4.78, 5) is 11.7. The fourth-order valence-electron chi connectivity index (χ4n) is 1.37. The zero-order valence-electron chi connectivity index (χ0n) is 8.64. The van der Waals surface area contributed by atoms with E-state index in [1.54, 1.807) is 42.9 Å². The van der Waals surface area contributed by atoms with Crippen LogP contribution in [-0.4, -0.2) is 5.91 Å². The Morgan fingerprint density at radius 1 is 1.31 bits per heavy atom. The van der Waals surface area contributed by atoms with Crippen LogP contribution < -0.4 is 11.1 Å². The van der Waals surface area contributed by atoms with Crippen LogP contribution in [0.4, 0.5) is 5.69 Å².